The molecule has 58 heavy (non-hydrogen) atoms. The zero-order chi connectivity index (χ0) is 42.0. The molecule has 1 unspecified atom stereocenters. The van der Waals surface area contributed by atoms with Crippen LogP contribution in [0.1, 0.15) is 140 Å². The van der Waals surface area contributed by atoms with Crippen molar-refractivity contribution in [2.45, 2.75) is 179 Å². The Balaban J connectivity index is 1.60. The Bertz CT molecular complexity index is 1540. The summed E-state index contributed by atoms with van der Waals surface area (Å²) in [7, 11) is -5.18. The highest BCUT2D eigenvalue weighted by molar-refractivity contribution is 7.80. The van der Waals surface area contributed by atoms with Crippen LogP contribution >= 0.6 is 0 Å². The normalized spacial score (nSPS) is 20.0. The second-order valence-corrected chi connectivity index (χ2v) is 16.4. The molecule has 326 valence electrons. The SMILES string of the molecule is CCCCCCCCCCC[C@@H](CC(=O)N[C@H]1C(O)O[C@H](CO)[C@@H](OS(=O)(=O)O)[C@@H]1OC(=O)CCc1ccccc1)OC(=O)CCCCCCCCc1ccccc1. The summed E-state index contributed by atoms with van der Waals surface area (Å²) >= 11 is 0. The van der Waals surface area contributed by atoms with Gasteiger partial charge >= 0.3 is 22.3 Å². The van der Waals surface area contributed by atoms with E-state index in [9.17, 15) is 37.6 Å². The number of unbranched alkanes of at least 4 members (excludes halogenated alkanes) is 13. The number of ether oxygens (including phenoxy) is 3. The number of amides is 1. The largest absolute Gasteiger partial charge is 0.462 e. The van der Waals surface area contributed by atoms with Crippen molar-refractivity contribution >= 4 is 28.2 Å². The summed E-state index contributed by atoms with van der Waals surface area (Å²) in [5, 5.41) is 23.4. The molecular weight excluding hydrogens is 767 g/mol. The summed E-state index contributed by atoms with van der Waals surface area (Å²) in [5.41, 5.74) is 2.17. The molecule has 1 fully saturated rings. The van der Waals surface area contributed by atoms with E-state index < -0.39 is 71.6 Å². The van der Waals surface area contributed by atoms with Crippen molar-refractivity contribution in [3.05, 3.63) is 71.8 Å². The molecule has 1 amide bonds. The lowest BCUT2D eigenvalue weighted by Crippen LogP contribution is -2.66. The van der Waals surface area contributed by atoms with Crippen molar-refractivity contribution < 1.29 is 56.0 Å². The van der Waals surface area contributed by atoms with Crippen LogP contribution in [-0.4, -0.2) is 84.4 Å². The average molecular weight is 834 g/mol. The number of hydrogen-bond acceptors (Lipinski definition) is 11. The van der Waals surface area contributed by atoms with Crippen LogP contribution in [0.15, 0.2) is 60.7 Å². The number of carbonyl (C=O) groups is 3. The van der Waals surface area contributed by atoms with E-state index in [1.807, 2.05) is 24.3 Å². The van der Waals surface area contributed by atoms with E-state index in [4.69, 9.17) is 18.4 Å². The predicted molar refractivity (Wildman–Crippen MR) is 220 cm³/mol. The molecule has 2 aromatic rings. The molecule has 0 bridgehead atoms. The fourth-order valence-corrected chi connectivity index (χ4v) is 7.77. The van der Waals surface area contributed by atoms with Gasteiger partial charge in [0.15, 0.2) is 12.4 Å². The summed E-state index contributed by atoms with van der Waals surface area (Å²) < 4.78 is 54.8. The van der Waals surface area contributed by atoms with E-state index in [1.165, 1.54) is 31.2 Å². The minimum atomic E-state index is -5.18. The average Bonchev–Trinajstić information content (AvgIpc) is 3.20. The van der Waals surface area contributed by atoms with Crippen LogP contribution in [0, 0.1) is 0 Å². The van der Waals surface area contributed by atoms with Crippen LogP contribution < -0.4 is 5.32 Å². The Morgan fingerprint density at radius 3 is 1.86 bits per heavy atom. The second kappa shape index (κ2) is 28.1. The zero-order valence-corrected chi connectivity index (χ0v) is 35.0. The lowest BCUT2D eigenvalue weighted by Gasteiger charge is -2.43. The summed E-state index contributed by atoms with van der Waals surface area (Å²) in [6.07, 6.45) is 9.48. The van der Waals surface area contributed by atoms with Gasteiger partial charge in [0.1, 0.15) is 24.4 Å². The number of carbonyl (C=O) groups excluding carboxylic acids is 3. The summed E-state index contributed by atoms with van der Waals surface area (Å²) in [5.74, 6) is -1.90. The number of benzene rings is 2. The van der Waals surface area contributed by atoms with Crippen LogP contribution in [0.2, 0.25) is 0 Å². The third kappa shape index (κ3) is 20.5. The van der Waals surface area contributed by atoms with Gasteiger partial charge in [-0.3, -0.25) is 18.9 Å². The minimum absolute atomic E-state index is 0.147. The maximum absolute atomic E-state index is 13.6. The summed E-state index contributed by atoms with van der Waals surface area (Å²) in [6, 6.07) is 17.9. The molecule has 0 radical (unpaired) electrons. The monoisotopic (exact) mass is 833 g/mol. The van der Waals surface area contributed by atoms with E-state index in [1.54, 1.807) is 12.1 Å². The van der Waals surface area contributed by atoms with Gasteiger partial charge in [0.05, 0.1) is 13.0 Å². The Morgan fingerprint density at radius 1 is 0.724 bits per heavy atom. The maximum Gasteiger partial charge on any atom is 0.397 e. The molecule has 2 aromatic carbocycles. The predicted octanol–water partition coefficient (Wildman–Crippen LogP) is 7.11. The lowest BCUT2D eigenvalue weighted by molar-refractivity contribution is -0.254. The van der Waals surface area contributed by atoms with Gasteiger partial charge in [0.2, 0.25) is 5.91 Å². The first-order valence-electron chi connectivity index (χ1n) is 21.3. The Morgan fingerprint density at radius 2 is 1.28 bits per heavy atom. The molecule has 1 aliphatic rings. The van der Waals surface area contributed by atoms with E-state index in [0.717, 1.165) is 76.2 Å². The van der Waals surface area contributed by atoms with Crippen LogP contribution in [-0.2, 0) is 56.0 Å². The first-order valence-corrected chi connectivity index (χ1v) is 22.7. The number of nitrogens with one attached hydrogen (secondary N) is 1. The molecule has 1 heterocycles. The van der Waals surface area contributed by atoms with Crippen LogP contribution in [0.4, 0.5) is 0 Å². The molecule has 14 heteroatoms. The number of rotatable bonds is 30. The van der Waals surface area contributed by atoms with E-state index >= 15 is 0 Å². The Hall–Kier alpha value is -3.40. The molecule has 0 saturated carbocycles. The van der Waals surface area contributed by atoms with E-state index in [0.29, 0.717) is 12.8 Å². The number of aliphatic hydroxyl groups excluding tert-OH is 2. The number of esters is 2. The van der Waals surface area contributed by atoms with Crippen LogP contribution in [0.3, 0.4) is 0 Å². The Labute approximate surface area is 345 Å². The molecule has 3 rings (SSSR count). The molecule has 13 nitrogen and oxygen atoms in total. The van der Waals surface area contributed by atoms with Crippen molar-refractivity contribution in [2.24, 2.45) is 0 Å². The quantitative estimate of drug-likeness (QED) is 0.0355. The molecule has 0 aromatic heterocycles. The molecule has 1 saturated heterocycles. The first-order chi connectivity index (χ1) is 28.0. The van der Waals surface area contributed by atoms with E-state index in [2.05, 4.69) is 36.5 Å². The molecule has 1 aliphatic heterocycles. The second-order valence-electron chi connectivity index (χ2n) is 15.3. The highest BCUT2D eigenvalue weighted by atomic mass is 32.3. The highest BCUT2D eigenvalue weighted by Gasteiger charge is 2.50. The minimum Gasteiger partial charge on any atom is -0.462 e. The lowest BCUT2D eigenvalue weighted by atomic mass is 9.96. The Kier molecular flexibility index (Phi) is 23.8. The van der Waals surface area contributed by atoms with Crippen molar-refractivity contribution in [3.63, 3.8) is 0 Å². The van der Waals surface area contributed by atoms with Crippen LogP contribution in [0.25, 0.3) is 0 Å². The van der Waals surface area contributed by atoms with Gasteiger partial charge in [-0.15, -0.1) is 0 Å². The van der Waals surface area contributed by atoms with Crippen molar-refractivity contribution in [1.29, 1.82) is 0 Å². The number of aryl methyl sites for hydroxylation is 2. The molecule has 6 atom stereocenters. The standard InChI is InChI=1S/C44H67NO12S/c1-2-3-4-5-6-7-8-12-21-28-36(54-39(48)29-22-13-10-9-11-16-23-34-24-17-14-18-25-34)32-38(47)45-41-43(56-40(49)31-30-35-26-19-15-20-27-35)42(57-58(51,52)53)37(33-46)55-44(41)50/h14-15,17-20,24-27,36-37,41-44,46,50H,2-13,16,21-23,28-33H2,1H3,(H,45,47)(H,51,52,53)/t36-,37+,41+,42+,43+,44?/m0/s1. The summed E-state index contributed by atoms with van der Waals surface area (Å²) in [6.45, 7) is 1.31. The van der Waals surface area contributed by atoms with Crippen molar-refractivity contribution in [2.75, 3.05) is 6.61 Å². The van der Waals surface area contributed by atoms with Gasteiger partial charge in [-0.25, -0.2) is 4.18 Å². The molecule has 0 aliphatic carbocycles. The smallest absolute Gasteiger partial charge is 0.397 e. The number of aliphatic hydroxyl groups is 2. The molecule has 4 N–H and O–H groups in total. The van der Waals surface area contributed by atoms with Gasteiger partial charge in [-0.2, -0.15) is 8.42 Å². The molecule has 0 spiro atoms. The fraction of sp³-hybridized carbons (Fsp3) is 0.659. The maximum atomic E-state index is 13.6. The summed E-state index contributed by atoms with van der Waals surface area (Å²) in [4.78, 5) is 39.7. The third-order valence-corrected chi connectivity index (χ3v) is 10.9. The number of hydrogen-bond donors (Lipinski definition) is 4. The van der Waals surface area contributed by atoms with Gasteiger partial charge in [-0.1, -0.05) is 145 Å². The van der Waals surface area contributed by atoms with Gasteiger partial charge in [0, 0.05) is 12.8 Å². The van der Waals surface area contributed by atoms with E-state index in [-0.39, 0.29) is 25.7 Å². The zero-order valence-electron chi connectivity index (χ0n) is 34.2. The van der Waals surface area contributed by atoms with Gasteiger partial charge < -0.3 is 29.7 Å². The van der Waals surface area contributed by atoms with Crippen molar-refractivity contribution in [3.8, 4) is 0 Å². The van der Waals surface area contributed by atoms with Gasteiger partial charge in [0.25, 0.3) is 0 Å². The highest BCUT2D eigenvalue weighted by Crippen LogP contribution is 2.27. The van der Waals surface area contributed by atoms with Crippen LogP contribution in [0.5, 0.6) is 0 Å². The molecular formula is C44H67NO12S. The first kappa shape index (κ1) is 49.0. The third-order valence-electron chi connectivity index (χ3n) is 10.4. The topological polar surface area (TPSA) is 195 Å². The van der Waals surface area contributed by atoms with Crippen molar-refractivity contribution in [1.82, 2.24) is 5.32 Å². The van der Waals surface area contributed by atoms with Gasteiger partial charge in [-0.05, 0) is 49.7 Å². The fourth-order valence-electron chi connectivity index (χ4n) is 7.25.